The van der Waals surface area contributed by atoms with Gasteiger partial charge in [-0.05, 0) is 36.2 Å². The Balaban J connectivity index is 1.63. The maximum Gasteiger partial charge on any atom is 0.264 e. The number of amidine groups is 1. The molecule has 0 radical (unpaired) electrons. The van der Waals surface area contributed by atoms with Gasteiger partial charge in [0.15, 0.2) is 5.17 Å². The smallest absolute Gasteiger partial charge is 0.264 e. The highest BCUT2D eigenvalue weighted by Gasteiger charge is 2.24. The van der Waals surface area contributed by atoms with Gasteiger partial charge in [-0.25, -0.2) is 0 Å². The first-order valence-corrected chi connectivity index (χ1v) is 8.63. The highest BCUT2D eigenvalue weighted by Crippen LogP contribution is 2.27. The van der Waals surface area contributed by atoms with E-state index in [-0.39, 0.29) is 5.91 Å². The van der Waals surface area contributed by atoms with Crippen molar-refractivity contribution in [3.05, 3.63) is 53.0 Å². The van der Waals surface area contributed by atoms with Gasteiger partial charge in [0, 0.05) is 0 Å². The van der Waals surface area contributed by atoms with E-state index < -0.39 is 0 Å². The summed E-state index contributed by atoms with van der Waals surface area (Å²) in [6, 6.07) is 10.4. The largest absolute Gasteiger partial charge is 0.301 e. The van der Waals surface area contributed by atoms with Gasteiger partial charge in [0.05, 0.1) is 10.9 Å². The summed E-state index contributed by atoms with van der Waals surface area (Å²) in [6.45, 7) is 0. The van der Waals surface area contributed by atoms with Crippen molar-refractivity contribution in [3.63, 3.8) is 0 Å². The van der Waals surface area contributed by atoms with Crippen molar-refractivity contribution in [2.75, 3.05) is 0 Å². The molecule has 1 N–H and O–H groups in total. The first-order chi connectivity index (χ1) is 10.8. The van der Waals surface area contributed by atoms with Crippen molar-refractivity contribution < 1.29 is 4.79 Å². The molecule has 0 spiro atoms. The lowest BCUT2D eigenvalue weighted by Gasteiger charge is -2.17. The number of hydrogen-bond donors (Lipinski definition) is 1. The predicted octanol–water partition coefficient (Wildman–Crippen LogP) is 4.14. The van der Waals surface area contributed by atoms with E-state index in [2.05, 4.69) is 10.3 Å². The summed E-state index contributed by atoms with van der Waals surface area (Å²) in [6.07, 6.45) is 11.9. The Kier molecular flexibility index (Phi) is 5.11. The fourth-order valence-electron chi connectivity index (χ4n) is 2.69. The van der Waals surface area contributed by atoms with E-state index in [9.17, 15) is 4.79 Å². The summed E-state index contributed by atoms with van der Waals surface area (Å²) in [5.74, 6) is -0.0442. The van der Waals surface area contributed by atoms with Crippen LogP contribution in [0.3, 0.4) is 0 Å². The van der Waals surface area contributed by atoms with Gasteiger partial charge in [-0.3, -0.25) is 9.79 Å². The van der Waals surface area contributed by atoms with Gasteiger partial charge >= 0.3 is 0 Å². The summed E-state index contributed by atoms with van der Waals surface area (Å²) in [4.78, 5) is 17.3. The van der Waals surface area contributed by atoms with Crippen molar-refractivity contribution in [2.24, 2.45) is 4.99 Å². The maximum atomic E-state index is 12.0. The molecule has 1 aliphatic heterocycles. The maximum absolute atomic E-state index is 12.0. The quantitative estimate of drug-likeness (QED) is 0.852. The van der Waals surface area contributed by atoms with Crippen molar-refractivity contribution in [1.29, 1.82) is 0 Å². The lowest BCUT2D eigenvalue weighted by atomic mass is 9.96. The van der Waals surface area contributed by atoms with Gasteiger partial charge in [-0.2, -0.15) is 0 Å². The second-order valence-electron chi connectivity index (χ2n) is 5.58. The molecule has 2 aliphatic rings. The molecule has 1 saturated carbocycles. The summed E-state index contributed by atoms with van der Waals surface area (Å²) in [5.41, 5.74) is 1.12. The van der Waals surface area contributed by atoms with Crippen LogP contribution in [-0.4, -0.2) is 17.1 Å². The molecule has 4 heteroatoms. The third-order valence-electron chi connectivity index (χ3n) is 3.86. The van der Waals surface area contributed by atoms with Gasteiger partial charge in [-0.15, -0.1) is 0 Å². The molecule has 2 fully saturated rings. The highest BCUT2D eigenvalue weighted by molar-refractivity contribution is 8.18. The Morgan fingerprint density at radius 3 is 2.68 bits per heavy atom. The fourth-order valence-corrected chi connectivity index (χ4v) is 3.53. The number of hydrogen-bond acceptors (Lipinski definition) is 3. The minimum absolute atomic E-state index is 0.0442. The molecule has 1 saturated heterocycles. The van der Waals surface area contributed by atoms with Crippen LogP contribution in [-0.2, 0) is 4.79 Å². The van der Waals surface area contributed by atoms with Crippen molar-refractivity contribution in [2.45, 2.75) is 38.1 Å². The molecule has 3 rings (SSSR count). The molecule has 1 amide bonds. The monoisotopic (exact) mass is 312 g/mol. The Bertz CT molecular complexity index is 613. The number of carbonyl (C=O) groups is 1. The number of benzene rings is 1. The standard InChI is InChI=1S/C18H20N2OS/c21-17-16(13-7-10-14-8-3-1-4-9-14)22-18(20-17)19-15-11-5-2-6-12-15/h1,3-4,7-10,13,15H,2,5-6,11-12H2,(H,19,20,21)/b10-7+,16-13-. The molecule has 114 valence electrons. The van der Waals surface area contributed by atoms with Crippen LogP contribution in [0.1, 0.15) is 37.7 Å². The normalized spacial score (nSPS) is 23.5. The molecule has 0 unspecified atom stereocenters. The number of carbonyl (C=O) groups excluding carboxylic acids is 1. The van der Waals surface area contributed by atoms with Gasteiger partial charge in [0.2, 0.25) is 0 Å². The van der Waals surface area contributed by atoms with E-state index in [4.69, 9.17) is 0 Å². The van der Waals surface area contributed by atoms with Gasteiger partial charge < -0.3 is 5.32 Å². The van der Waals surface area contributed by atoms with Crippen LogP contribution >= 0.6 is 11.8 Å². The van der Waals surface area contributed by atoms with E-state index in [0.29, 0.717) is 10.9 Å². The van der Waals surface area contributed by atoms with Gasteiger partial charge in [-0.1, -0.05) is 61.7 Å². The Morgan fingerprint density at radius 2 is 1.91 bits per heavy atom. The molecule has 1 aromatic carbocycles. The number of aliphatic imine (C=N–C) groups is 1. The average molecular weight is 312 g/mol. The number of amides is 1. The van der Waals surface area contributed by atoms with E-state index in [1.807, 2.05) is 48.6 Å². The van der Waals surface area contributed by atoms with Crippen molar-refractivity contribution in [3.8, 4) is 0 Å². The third-order valence-corrected chi connectivity index (χ3v) is 4.80. The molecular weight excluding hydrogens is 292 g/mol. The van der Waals surface area contributed by atoms with Crippen molar-refractivity contribution in [1.82, 2.24) is 5.32 Å². The molecule has 0 aromatic heterocycles. The first kappa shape index (κ1) is 15.1. The van der Waals surface area contributed by atoms with Crippen LogP contribution in [0.4, 0.5) is 0 Å². The summed E-state index contributed by atoms with van der Waals surface area (Å²) in [5, 5.41) is 3.63. The lowest BCUT2D eigenvalue weighted by molar-refractivity contribution is -0.115. The van der Waals surface area contributed by atoms with Crippen LogP contribution in [0.15, 0.2) is 52.4 Å². The minimum Gasteiger partial charge on any atom is -0.301 e. The molecule has 1 aliphatic carbocycles. The molecule has 3 nitrogen and oxygen atoms in total. The third kappa shape index (κ3) is 4.10. The molecule has 1 aromatic rings. The number of nitrogens with one attached hydrogen (secondary N) is 1. The molecule has 0 atom stereocenters. The van der Waals surface area contributed by atoms with Gasteiger partial charge in [0.1, 0.15) is 0 Å². The summed E-state index contributed by atoms with van der Waals surface area (Å²) in [7, 11) is 0. The lowest BCUT2D eigenvalue weighted by Crippen LogP contribution is -2.22. The number of thioether (sulfide) groups is 1. The highest BCUT2D eigenvalue weighted by atomic mass is 32.2. The molecular formula is C18H20N2OS. The Hall–Kier alpha value is -1.81. The molecule has 0 bridgehead atoms. The average Bonchev–Trinajstić information content (AvgIpc) is 2.89. The predicted molar refractivity (Wildman–Crippen MR) is 93.6 cm³/mol. The van der Waals surface area contributed by atoms with Crippen LogP contribution in [0.25, 0.3) is 6.08 Å². The zero-order chi connectivity index (χ0) is 15.2. The van der Waals surface area contributed by atoms with Crippen LogP contribution < -0.4 is 5.32 Å². The number of nitrogens with zero attached hydrogens (tertiary/aromatic N) is 1. The Labute approximate surface area is 135 Å². The zero-order valence-corrected chi connectivity index (χ0v) is 13.3. The topological polar surface area (TPSA) is 41.5 Å². The number of allylic oxidation sites excluding steroid dienone is 2. The van der Waals surface area contributed by atoms with E-state index in [1.54, 1.807) is 0 Å². The number of rotatable bonds is 3. The van der Waals surface area contributed by atoms with Crippen molar-refractivity contribution >= 4 is 28.9 Å². The second-order valence-corrected chi connectivity index (χ2v) is 6.61. The second kappa shape index (κ2) is 7.45. The van der Waals surface area contributed by atoms with E-state index in [1.165, 1.54) is 31.0 Å². The van der Waals surface area contributed by atoms with Gasteiger partial charge in [0.25, 0.3) is 5.91 Å². The summed E-state index contributed by atoms with van der Waals surface area (Å²) >= 11 is 1.45. The fraction of sp³-hybridized carbons (Fsp3) is 0.333. The SMILES string of the molecule is O=C1NC(=NC2CCCCC2)S/C1=C\C=C\c1ccccc1. The molecule has 22 heavy (non-hydrogen) atoms. The molecule has 1 heterocycles. The zero-order valence-electron chi connectivity index (χ0n) is 12.5. The van der Waals surface area contributed by atoms with E-state index in [0.717, 1.165) is 23.6 Å². The van der Waals surface area contributed by atoms with Crippen LogP contribution in [0.5, 0.6) is 0 Å². The van der Waals surface area contributed by atoms with Crippen LogP contribution in [0.2, 0.25) is 0 Å². The van der Waals surface area contributed by atoms with E-state index >= 15 is 0 Å². The first-order valence-electron chi connectivity index (χ1n) is 7.82. The minimum atomic E-state index is -0.0442. The summed E-state index contributed by atoms with van der Waals surface area (Å²) < 4.78 is 0. The van der Waals surface area contributed by atoms with Crippen LogP contribution in [0, 0.1) is 0 Å². The Morgan fingerprint density at radius 1 is 1.14 bits per heavy atom.